The van der Waals surface area contributed by atoms with Crippen LogP contribution in [0.2, 0.25) is 0 Å². The van der Waals surface area contributed by atoms with Gasteiger partial charge in [0.05, 0.1) is 17.4 Å². The summed E-state index contributed by atoms with van der Waals surface area (Å²) in [6, 6.07) is 21.7. The monoisotopic (exact) mass is 713 g/mol. The normalized spacial score (nSPS) is 13.4. The van der Waals surface area contributed by atoms with Gasteiger partial charge in [-0.3, -0.25) is 14.4 Å². The number of anilines is 2. The maximum atomic E-state index is 13.4. The number of thiophene rings is 2. The topological polar surface area (TPSA) is 141 Å². The van der Waals surface area contributed by atoms with Crippen LogP contribution in [-0.4, -0.2) is 46.1 Å². The Morgan fingerprint density at radius 2 is 1.82 bits per heavy atom. The second-order valence-electron chi connectivity index (χ2n) is 12.1. The number of benzene rings is 2. The van der Waals surface area contributed by atoms with E-state index in [0.717, 1.165) is 20.2 Å². The van der Waals surface area contributed by atoms with Gasteiger partial charge in [-0.15, -0.1) is 34.4 Å². The third kappa shape index (κ3) is 9.38. The van der Waals surface area contributed by atoms with Gasteiger partial charge in [0.2, 0.25) is 5.91 Å². The zero-order valence-electron chi connectivity index (χ0n) is 27.4. The van der Waals surface area contributed by atoms with Crippen LogP contribution in [0.4, 0.5) is 15.5 Å². The van der Waals surface area contributed by atoms with Gasteiger partial charge in [0, 0.05) is 32.4 Å². The summed E-state index contributed by atoms with van der Waals surface area (Å²) >= 11 is 4.03. The van der Waals surface area contributed by atoms with Crippen molar-refractivity contribution in [2.24, 2.45) is 0 Å². The number of carbonyl (C=O) groups excluding carboxylic acids is 4. The lowest BCUT2D eigenvalue weighted by Gasteiger charge is -2.29. The van der Waals surface area contributed by atoms with Crippen molar-refractivity contribution >= 4 is 75.0 Å². The number of fused-ring (bicyclic) bond motifs is 1. The van der Waals surface area contributed by atoms with Crippen molar-refractivity contribution in [1.29, 1.82) is 5.26 Å². The number of rotatable bonds is 9. The molecule has 0 saturated carbocycles. The molecule has 1 atom stereocenters. The smallest absolute Gasteiger partial charge is 0.410 e. The van der Waals surface area contributed by atoms with Gasteiger partial charge in [-0.2, -0.15) is 5.26 Å². The van der Waals surface area contributed by atoms with Crippen molar-refractivity contribution in [2.45, 2.75) is 56.4 Å². The summed E-state index contributed by atoms with van der Waals surface area (Å²) in [5.41, 5.74) is 1.64. The number of nitriles is 1. The van der Waals surface area contributed by atoms with Gasteiger partial charge in [0.1, 0.15) is 22.4 Å². The van der Waals surface area contributed by atoms with Crippen LogP contribution >= 0.6 is 34.4 Å². The Morgan fingerprint density at radius 1 is 1.04 bits per heavy atom. The van der Waals surface area contributed by atoms with Crippen LogP contribution in [-0.2, 0) is 27.3 Å². The van der Waals surface area contributed by atoms with E-state index in [4.69, 9.17) is 4.74 Å². The number of nitrogens with one attached hydrogen (secondary N) is 3. The summed E-state index contributed by atoms with van der Waals surface area (Å²) < 4.78 is 5.51. The molecule has 13 heteroatoms. The van der Waals surface area contributed by atoms with E-state index < -0.39 is 28.8 Å². The predicted octanol–water partition coefficient (Wildman–Crippen LogP) is 7.50. The molecule has 2 aromatic heterocycles. The minimum atomic E-state index is -0.618. The zero-order chi connectivity index (χ0) is 35.1. The van der Waals surface area contributed by atoms with Crippen LogP contribution in [0, 0.1) is 11.3 Å². The van der Waals surface area contributed by atoms with Gasteiger partial charge in [0.15, 0.2) is 0 Å². The van der Waals surface area contributed by atoms with E-state index in [1.54, 1.807) is 60.4 Å². The predicted molar refractivity (Wildman–Crippen MR) is 195 cm³/mol. The molecule has 252 valence electrons. The Bertz CT molecular complexity index is 1920. The molecule has 49 heavy (non-hydrogen) atoms. The molecule has 10 nitrogen and oxygen atoms in total. The molecule has 1 unspecified atom stereocenters. The van der Waals surface area contributed by atoms with E-state index in [9.17, 15) is 24.4 Å². The molecule has 5 rings (SSSR count). The summed E-state index contributed by atoms with van der Waals surface area (Å²) in [6.07, 6.45) is 1.71. The standard InChI is InChI=1S/C36H35N5O5S3/c1-22(31(42)40-34-28(20-37)27-15-16-41(21-30(27)49-34)35(45)46-36(2,3)4)48-26-13-8-12-24(18-26)38-33(44)29(19-25-14-9-17-47-25)39-32(43)23-10-6-5-7-11-23/h5-14,17-19,22H,15-16,21H2,1-4H3,(H,38,44)(H,39,43)(H,40,42)/b29-19-. The number of thioether (sulfide) groups is 1. The van der Waals surface area contributed by atoms with Crippen molar-refractivity contribution < 1.29 is 23.9 Å². The Morgan fingerprint density at radius 3 is 2.51 bits per heavy atom. The molecular weight excluding hydrogens is 679 g/mol. The van der Waals surface area contributed by atoms with Gasteiger partial charge in [-0.05, 0) is 87.5 Å². The van der Waals surface area contributed by atoms with Crippen LogP contribution < -0.4 is 16.0 Å². The Kier molecular flexibility index (Phi) is 11.2. The highest BCUT2D eigenvalue weighted by Crippen LogP contribution is 2.38. The number of hydrogen-bond donors (Lipinski definition) is 3. The molecule has 4 amide bonds. The number of amides is 4. The molecule has 3 heterocycles. The molecular formula is C36H35N5O5S3. The maximum Gasteiger partial charge on any atom is 0.410 e. The fourth-order valence-electron chi connectivity index (χ4n) is 4.87. The van der Waals surface area contributed by atoms with Crippen molar-refractivity contribution in [3.8, 4) is 6.07 Å². The third-order valence-electron chi connectivity index (χ3n) is 7.19. The minimum Gasteiger partial charge on any atom is -0.444 e. The van der Waals surface area contributed by atoms with E-state index in [1.165, 1.54) is 34.4 Å². The van der Waals surface area contributed by atoms with Gasteiger partial charge in [0.25, 0.3) is 11.8 Å². The molecule has 2 aromatic carbocycles. The van der Waals surface area contributed by atoms with E-state index in [1.807, 2.05) is 50.4 Å². The van der Waals surface area contributed by atoms with Gasteiger partial charge < -0.3 is 25.6 Å². The lowest BCUT2D eigenvalue weighted by Crippen LogP contribution is -2.39. The SMILES string of the molecule is CC(Sc1cccc(NC(=O)/C(=C/c2cccs2)NC(=O)c2ccccc2)c1)C(=O)Nc1sc2c(c1C#N)CCN(C(=O)OC(C)(C)C)C2. The van der Waals surface area contributed by atoms with Gasteiger partial charge in [-0.1, -0.05) is 30.3 Å². The van der Waals surface area contributed by atoms with Gasteiger partial charge >= 0.3 is 6.09 Å². The number of nitrogens with zero attached hydrogens (tertiary/aromatic N) is 2. The molecule has 0 radical (unpaired) electrons. The van der Waals surface area contributed by atoms with Crippen molar-refractivity contribution in [1.82, 2.24) is 10.2 Å². The largest absolute Gasteiger partial charge is 0.444 e. The van der Waals surface area contributed by atoms with E-state index in [-0.39, 0.29) is 11.6 Å². The Hall–Kier alpha value is -4.90. The van der Waals surface area contributed by atoms with E-state index >= 15 is 0 Å². The third-order valence-corrected chi connectivity index (χ3v) is 10.2. The lowest BCUT2D eigenvalue weighted by molar-refractivity contribution is -0.115. The quantitative estimate of drug-likeness (QED) is 0.121. The van der Waals surface area contributed by atoms with Crippen LogP contribution in [0.3, 0.4) is 0 Å². The first kappa shape index (κ1) is 35.4. The second-order valence-corrected chi connectivity index (χ2v) is 15.6. The van der Waals surface area contributed by atoms with Crippen molar-refractivity contribution in [3.63, 3.8) is 0 Å². The van der Waals surface area contributed by atoms with E-state index in [0.29, 0.717) is 41.3 Å². The molecule has 0 bridgehead atoms. The minimum absolute atomic E-state index is 0.0864. The van der Waals surface area contributed by atoms with Crippen LogP contribution in [0.5, 0.6) is 0 Å². The van der Waals surface area contributed by atoms with Crippen molar-refractivity contribution in [3.05, 3.63) is 104 Å². The Balaban J connectivity index is 1.24. The highest BCUT2D eigenvalue weighted by molar-refractivity contribution is 8.00. The average molecular weight is 714 g/mol. The molecule has 0 spiro atoms. The second kappa shape index (κ2) is 15.5. The van der Waals surface area contributed by atoms with Gasteiger partial charge in [-0.25, -0.2) is 4.79 Å². The molecule has 0 aliphatic carbocycles. The molecule has 3 N–H and O–H groups in total. The molecule has 0 saturated heterocycles. The van der Waals surface area contributed by atoms with E-state index in [2.05, 4.69) is 22.0 Å². The molecule has 0 fully saturated rings. The number of carbonyl (C=O) groups is 4. The van der Waals surface area contributed by atoms with Crippen LogP contribution in [0.25, 0.3) is 6.08 Å². The van der Waals surface area contributed by atoms with Crippen LogP contribution in [0.1, 0.15) is 58.9 Å². The fraction of sp³-hybridized carbons (Fsp3) is 0.250. The number of ether oxygens (including phenoxy) is 1. The lowest BCUT2D eigenvalue weighted by atomic mass is 10.0. The first-order valence-corrected chi connectivity index (χ1v) is 18.0. The molecule has 4 aromatic rings. The first-order chi connectivity index (χ1) is 23.4. The summed E-state index contributed by atoms with van der Waals surface area (Å²) in [5.74, 6) is -1.20. The summed E-state index contributed by atoms with van der Waals surface area (Å²) in [4.78, 5) is 56.2. The Labute approximate surface area is 297 Å². The highest BCUT2D eigenvalue weighted by atomic mass is 32.2. The fourth-order valence-corrected chi connectivity index (χ4v) is 7.67. The molecule has 1 aliphatic heterocycles. The molecule has 1 aliphatic rings. The first-order valence-electron chi connectivity index (χ1n) is 15.4. The number of hydrogen-bond acceptors (Lipinski definition) is 9. The maximum absolute atomic E-state index is 13.4. The van der Waals surface area contributed by atoms with Crippen molar-refractivity contribution in [2.75, 3.05) is 17.2 Å². The zero-order valence-corrected chi connectivity index (χ0v) is 29.8. The summed E-state index contributed by atoms with van der Waals surface area (Å²) in [7, 11) is 0. The summed E-state index contributed by atoms with van der Waals surface area (Å²) in [5, 5.41) is 20.2. The van der Waals surface area contributed by atoms with Crippen LogP contribution in [0.15, 0.2) is 82.7 Å². The summed E-state index contributed by atoms with van der Waals surface area (Å²) in [6.45, 7) is 7.93. The highest BCUT2D eigenvalue weighted by Gasteiger charge is 2.30. The average Bonchev–Trinajstić information content (AvgIpc) is 3.70.